The number of phenols is 1. The smallest absolute Gasteiger partial charge is 0.149 e. The predicted octanol–water partition coefficient (Wildman–Crippen LogP) is 3.64. The molecule has 0 spiro atoms. The number of para-hydroxylation sites is 1. The Hall–Kier alpha value is -3.06. The van der Waals surface area contributed by atoms with Gasteiger partial charge >= 0.3 is 0 Å². The van der Waals surface area contributed by atoms with Crippen LogP contribution < -0.4 is 0 Å². The van der Waals surface area contributed by atoms with Gasteiger partial charge in [0, 0.05) is 5.56 Å². The van der Waals surface area contributed by atoms with Crippen molar-refractivity contribution in [3.63, 3.8) is 0 Å². The van der Waals surface area contributed by atoms with Crippen molar-refractivity contribution < 1.29 is 5.11 Å². The molecular formula is C17H13N3O. The van der Waals surface area contributed by atoms with Gasteiger partial charge in [0.2, 0.25) is 0 Å². The Morgan fingerprint density at radius 2 is 2.10 bits per heavy atom. The van der Waals surface area contributed by atoms with Gasteiger partial charge in [0.05, 0.1) is 16.6 Å². The molecule has 0 saturated heterocycles. The number of aromatic hydroxyl groups is 1. The molecule has 2 N–H and O–H groups in total. The fourth-order valence-corrected chi connectivity index (χ4v) is 2.17. The third-order valence-electron chi connectivity index (χ3n) is 3.25. The molecule has 4 heteroatoms. The maximum atomic E-state index is 9.79. The lowest BCUT2D eigenvalue weighted by molar-refractivity contribution is 0.474. The van der Waals surface area contributed by atoms with E-state index in [0.29, 0.717) is 17.0 Å². The van der Waals surface area contributed by atoms with Gasteiger partial charge < -0.3 is 10.1 Å². The van der Waals surface area contributed by atoms with E-state index in [9.17, 15) is 10.4 Å². The molecular weight excluding hydrogens is 262 g/mol. The van der Waals surface area contributed by atoms with Crippen LogP contribution in [-0.2, 0) is 0 Å². The van der Waals surface area contributed by atoms with Crippen LogP contribution in [0.4, 0.5) is 0 Å². The third kappa shape index (κ3) is 2.49. The van der Waals surface area contributed by atoms with Crippen LogP contribution in [0.3, 0.4) is 0 Å². The summed E-state index contributed by atoms with van der Waals surface area (Å²) in [6.45, 7) is 2.00. The number of benzene rings is 2. The maximum absolute atomic E-state index is 9.79. The summed E-state index contributed by atoms with van der Waals surface area (Å²) in [4.78, 5) is 7.57. The first kappa shape index (κ1) is 12.9. The lowest BCUT2D eigenvalue weighted by Crippen LogP contribution is -1.85. The number of hydrogen-bond donors (Lipinski definition) is 2. The number of imidazole rings is 1. The molecule has 0 fully saturated rings. The molecule has 3 aromatic rings. The number of aromatic nitrogens is 2. The van der Waals surface area contributed by atoms with E-state index in [-0.39, 0.29) is 5.75 Å². The molecule has 1 aromatic heterocycles. The molecule has 0 aliphatic heterocycles. The zero-order valence-corrected chi connectivity index (χ0v) is 11.5. The Morgan fingerprint density at radius 3 is 2.86 bits per heavy atom. The molecule has 0 aliphatic rings. The first-order valence-electron chi connectivity index (χ1n) is 6.54. The second-order valence-electron chi connectivity index (χ2n) is 4.83. The highest BCUT2D eigenvalue weighted by molar-refractivity contribution is 5.91. The van der Waals surface area contributed by atoms with E-state index in [1.165, 1.54) is 0 Å². The van der Waals surface area contributed by atoms with Crippen molar-refractivity contribution >= 4 is 22.7 Å². The van der Waals surface area contributed by atoms with Gasteiger partial charge in [0.1, 0.15) is 17.6 Å². The normalized spacial score (nSPS) is 11.5. The summed E-state index contributed by atoms with van der Waals surface area (Å²) in [5.74, 6) is 0.638. The number of allylic oxidation sites excluding steroid dienone is 1. The zero-order valence-electron chi connectivity index (χ0n) is 11.5. The summed E-state index contributed by atoms with van der Waals surface area (Å²) in [5, 5.41) is 19.1. The number of aromatic amines is 1. The van der Waals surface area contributed by atoms with Gasteiger partial charge in [-0.1, -0.05) is 24.3 Å². The van der Waals surface area contributed by atoms with E-state index < -0.39 is 0 Å². The summed E-state index contributed by atoms with van der Waals surface area (Å²) in [6.07, 6.45) is 1.62. The summed E-state index contributed by atoms with van der Waals surface area (Å²) >= 11 is 0. The largest absolute Gasteiger partial charge is 0.507 e. The molecule has 0 saturated carbocycles. The predicted molar refractivity (Wildman–Crippen MR) is 82.4 cm³/mol. The minimum Gasteiger partial charge on any atom is -0.507 e. The monoisotopic (exact) mass is 275 g/mol. The topological polar surface area (TPSA) is 72.7 Å². The standard InChI is InChI=1S/C17H13N3O/c1-11-6-7-14-15(8-11)20-17(19-14)13(10-18)9-12-4-2-3-5-16(12)21/h2-9,21H,1H3,(H,19,20)/b13-9-. The number of hydrogen-bond acceptors (Lipinski definition) is 3. The van der Waals surface area contributed by atoms with Gasteiger partial charge in [-0.25, -0.2) is 4.98 Å². The number of nitrogens with one attached hydrogen (secondary N) is 1. The Morgan fingerprint density at radius 1 is 1.29 bits per heavy atom. The van der Waals surface area contributed by atoms with Gasteiger partial charge in [-0.05, 0) is 36.8 Å². The van der Waals surface area contributed by atoms with Crippen LogP contribution in [0.2, 0.25) is 0 Å². The van der Waals surface area contributed by atoms with E-state index in [2.05, 4.69) is 16.0 Å². The minimum atomic E-state index is 0.136. The molecule has 0 bridgehead atoms. The second kappa shape index (κ2) is 5.14. The summed E-state index contributed by atoms with van der Waals surface area (Å²) in [6, 6.07) is 14.9. The van der Waals surface area contributed by atoms with Gasteiger partial charge in [-0.3, -0.25) is 0 Å². The van der Waals surface area contributed by atoms with Crippen LogP contribution >= 0.6 is 0 Å². The molecule has 0 unspecified atom stereocenters. The molecule has 0 amide bonds. The van der Waals surface area contributed by atoms with Crippen molar-refractivity contribution in [2.45, 2.75) is 6.92 Å². The van der Waals surface area contributed by atoms with Gasteiger partial charge in [-0.15, -0.1) is 0 Å². The second-order valence-corrected chi connectivity index (χ2v) is 4.83. The van der Waals surface area contributed by atoms with Gasteiger partial charge in [0.25, 0.3) is 0 Å². The fourth-order valence-electron chi connectivity index (χ4n) is 2.17. The van der Waals surface area contributed by atoms with E-state index in [4.69, 9.17) is 0 Å². The fraction of sp³-hybridized carbons (Fsp3) is 0.0588. The van der Waals surface area contributed by atoms with E-state index >= 15 is 0 Å². The lowest BCUT2D eigenvalue weighted by Gasteiger charge is -1.98. The lowest BCUT2D eigenvalue weighted by atomic mass is 10.1. The number of nitrogens with zero attached hydrogens (tertiary/aromatic N) is 2. The molecule has 21 heavy (non-hydrogen) atoms. The number of nitriles is 1. The molecule has 102 valence electrons. The van der Waals surface area contributed by atoms with Crippen molar-refractivity contribution in [3.05, 3.63) is 59.4 Å². The Balaban J connectivity index is 2.10. The highest BCUT2D eigenvalue weighted by Gasteiger charge is 2.09. The summed E-state index contributed by atoms with van der Waals surface area (Å²) < 4.78 is 0. The Labute approximate surface area is 122 Å². The van der Waals surface area contributed by atoms with Crippen LogP contribution in [0.5, 0.6) is 5.75 Å². The highest BCUT2D eigenvalue weighted by Crippen LogP contribution is 2.23. The first-order valence-corrected chi connectivity index (χ1v) is 6.54. The van der Waals surface area contributed by atoms with Crippen molar-refractivity contribution in [2.24, 2.45) is 0 Å². The molecule has 0 atom stereocenters. The van der Waals surface area contributed by atoms with Crippen LogP contribution in [-0.4, -0.2) is 15.1 Å². The molecule has 3 rings (SSSR count). The number of H-pyrrole nitrogens is 1. The van der Waals surface area contributed by atoms with E-state index in [1.807, 2.05) is 31.2 Å². The van der Waals surface area contributed by atoms with Crippen LogP contribution in [0.1, 0.15) is 17.0 Å². The third-order valence-corrected chi connectivity index (χ3v) is 3.25. The molecule has 2 aromatic carbocycles. The summed E-state index contributed by atoms with van der Waals surface area (Å²) in [7, 11) is 0. The molecule has 0 aliphatic carbocycles. The van der Waals surface area contributed by atoms with Crippen LogP contribution in [0.25, 0.3) is 22.7 Å². The zero-order chi connectivity index (χ0) is 14.8. The first-order chi connectivity index (χ1) is 10.2. The van der Waals surface area contributed by atoms with E-state index in [1.54, 1.807) is 24.3 Å². The average molecular weight is 275 g/mol. The van der Waals surface area contributed by atoms with Crippen molar-refractivity contribution in [1.29, 1.82) is 5.26 Å². The maximum Gasteiger partial charge on any atom is 0.149 e. The highest BCUT2D eigenvalue weighted by atomic mass is 16.3. The van der Waals surface area contributed by atoms with Gasteiger partial charge in [-0.2, -0.15) is 5.26 Å². The minimum absolute atomic E-state index is 0.136. The van der Waals surface area contributed by atoms with Crippen molar-refractivity contribution in [1.82, 2.24) is 9.97 Å². The Kier molecular flexibility index (Phi) is 3.17. The van der Waals surface area contributed by atoms with E-state index in [0.717, 1.165) is 16.6 Å². The molecule has 0 radical (unpaired) electrons. The quantitative estimate of drug-likeness (QED) is 0.701. The van der Waals surface area contributed by atoms with Crippen LogP contribution in [0, 0.1) is 18.3 Å². The number of rotatable bonds is 2. The SMILES string of the molecule is Cc1ccc2nc(/C(C#N)=C\c3ccccc3O)[nH]c2c1. The number of phenolic OH excluding ortho intramolecular Hbond substituents is 1. The average Bonchev–Trinajstić information content (AvgIpc) is 2.89. The van der Waals surface area contributed by atoms with Gasteiger partial charge in [0.15, 0.2) is 0 Å². The van der Waals surface area contributed by atoms with Crippen molar-refractivity contribution in [2.75, 3.05) is 0 Å². The number of aryl methyl sites for hydroxylation is 1. The number of fused-ring (bicyclic) bond motifs is 1. The van der Waals surface area contributed by atoms with Crippen molar-refractivity contribution in [3.8, 4) is 11.8 Å². The molecule has 4 nitrogen and oxygen atoms in total. The summed E-state index contributed by atoms with van der Waals surface area (Å²) in [5.41, 5.74) is 3.80. The molecule has 1 heterocycles. The van der Waals surface area contributed by atoms with Crippen LogP contribution in [0.15, 0.2) is 42.5 Å². The Bertz CT molecular complexity index is 884.